The first kappa shape index (κ1) is 12.6. The van der Waals surface area contributed by atoms with E-state index in [4.69, 9.17) is 0 Å². The summed E-state index contributed by atoms with van der Waals surface area (Å²) in [5.41, 5.74) is 0. The zero-order chi connectivity index (χ0) is 11.8. The summed E-state index contributed by atoms with van der Waals surface area (Å²) in [5, 5.41) is 11.3. The third kappa shape index (κ3) is 4.86. The van der Waals surface area contributed by atoms with Crippen LogP contribution in [0.15, 0.2) is 12.4 Å². The van der Waals surface area contributed by atoms with Crippen molar-refractivity contribution in [2.75, 3.05) is 13.1 Å². The largest absolute Gasteiger partial charge is 0.317 e. The van der Waals surface area contributed by atoms with Gasteiger partial charge < -0.3 is 5.32 Å². The molecule has 0 saturated heterocycles. The van der Waals surface area contributed by atoms with Crippen molar-refractivity contribution in [2.45, 2.75) is 51.5 Å². The van der Waals surface area contributed by atoms with Crippen molar-refractivity contribution >= 4 is 0 Å². The Kier molecular flexibility index (Phi) is 5.49. The summed E-state index contributed by atoms with van der Waals surface area (Å²) in [7, 11) is 0. The van der Waals surface area contributed by atoms with Gasteiger partial charge in [0.1, 0.15) is 0 Å². The van der Waals surface area contributed by atoms with Crippen molar-refractivity contribution < 1.29 is 0 Å². The summed E-state index contributed by atoms with van der Waals surface area (Å²) < 4.78 is 1.89. The molecule has 0 aromatic carbocycles. The van der Waals surface area contributed by atoms with Crippen LogP contribution in [-0.2, 0) is 6.54 Å². The molecule has 0 unspecified atom stereocenters. The first-order valence-electron chi connectivity index (χ1n) is 7.00. The van der Waals surface area contributed by atoms with Crippen LogP contribution < -0.4 is 5.32 Å². The quantitative estimate of drug-likeness (QED) is 0.738. The second-order valence-electron chi connectivity index (χ2n) is 5.06. The van der Waals surface area contributed by atoms with Gasteiger partial charge in [0.05, 0.1) is 6.20 Å². The molecule has 1 aliphatic carbocycles. The smallest absolute Gasteiger partial charge is 0.0692 e. The molecule has 1 heterocycles. The Morgan fingerprint density at radius 3 is 2.82 bits per heavy atom. The number of hydrogen-bond acceptors (Lipinski definition) is 3. The summed E-state index contributed by atoms with van der Waals surface area (Å²) in [6.07, 6.45) is 13.4. The number of nitrogens with one attached hydrogen (secondary N) is 1. The first-order valence-corrected chi connectivity index (χ1v) is 7.00. The molecule has 0 atom stereocenters. The lowest BCUT2D eigenvalue weighted by Crippen LogP contribution is -2.21. The molecule has 0 bridgehead atoms. The molecule has 2 rings (SSSR count). The van der Waals surface area contributed by atoms with Gasteiger partial charge in [0, 0.05) is 12.7 Å². The van der Waals surface area contributed by atoms with Gasteiger partial charge in [-0.25, -0.2) is 0 Å². The van der Waals surface area contributed by atoms with Crippen LogP contribution in [0.2, 0.25) is 0 Å². The average Bonchev–Trinajstić information content (AvgIpc) is 2.88. The predicted octanol–water partition coefficient (Wildman–Crippen LogP) is 2.23. The van der Waals surface area contributed by atoms with Crippen LogP contribution in [0.1, 0.15) is 44.9 Å². The van der Waals surface area contributed by atoms with Gasteiger partial charge in [-0.15, -0.1) is 5.10 Å². The van der Waals surface area contributed by atoms with Gasteiger partial charge in [-0.3, -0.25) is 4.68 Å². The fourth-order valence-electron chi connectivity index (χ4n) is 2.63. The van der Waals surface area contributed by atoms with Crippen LogP contribution in [0.3, 0.4) is 0 Å². The lowest BCUT2D eigenvalue weighted by Gasteiger charge is -2.21. The summed E-state index contributed by atoms with van der Waals surface area (Å²) in [4.78, 5) is 0. The fourth-order valence-corrected chi connectivity index (χ4v) is 2.63. The van der Waals surface area contributed by atoms with E-state index in [9.17, 15) is 0 Å². The summed E-state index contributed by atoms with van der Waals surface area (Å²) in [6.45, 7) is 3.24. The van der Waals surface area contributed by atoms with E-state index in [2.05, 4.69) is 15.6 Å². The first-order chi connectivity index (χ1) is 8.45. The normalized spacial score (nSPS) is 17.4. The summed E-state index contributed by atoms with van der Waals surface area (Å²) in [5.74, 6) is 0.992. The second kappa shape index (κ2) is 7.43. The minimum Gasteiger partial charge on any atom is -0.317 e. The minimum atomic E-state index is 0.969. The Morgan fingerprint density at radius 1 is 1.18 bits per heavy atom. The zero-order valence-electron chi connectivity index (χ0n) is 10.6. The Hall–Kier alpha value is -0.900. The molecule has 4 heteroatoms. The monoisotopic (exact) mass is 236 g/mol. The van der Waals surface area contributed by atoms with E-state index in [0.29, 0.717) is 0 Å². The predicted molar refractivity (Wildman–Crippen MR) is 68.7 cm³/mol. The number of aromatic nitrogens is 3. The highest BCUT2D eigenvalue weighted by Crippen LogP contribution is 2.25. The molecular formula is C13H24N4. The third-order valence-corrected chi connectivity index (χ3v) is 3.67. The molecule has 1 aromatic heterocycles. The van der Waals surface area contributed by atoms with Crippen LogP contribution >= 0.6 is 0 Å². The molecule has 96 valence electrons. The number of nitrogens with zero attached hydrogens (tertiary/aromatic N) is 3. The molecule has 0 amide bonds. The highest BCUT2D eigenvalue weighted by Gasteiger charge is 2.12. The Balaban J connectivity index is 1.43. The van der Waals surface area contributed by atoms with Gasteiger partial charge in [-0.05, 0) is 31.8 Å². The van der Waals surface area contributed by atoms with Crippen molar-refractivity contribution in [1.82, 2.24) is 20.3 Å². The Labute approximate surface area is 104 Å². The lowest BCUT2D eigenvalue weighted by molar-refractivity contribution is 0.333. The number of rotatable bonds is 7. The van der Waals surface area contributed by atoms with Crippen molar-refractivity contribution in [3.8, 4) is 0 Å². The van der Waals surface area contributed by atoms with Crippen LogP contribution in [0, 0.1) is 5.92 Å². The SMILES string of the molecule is c1cn(CCCNCCC2CCCCC2)nn1. The molecule has 4 nitrogen and oxygen atoms in total. The maximum absolute atomic E-state index is 3.95. The highest BCUT2D eigenvalue weighted by atomic mass is 15.4. The zero-order valence-corrected chi connectivity index (χ0v) is 10.6. The van der Waals surface area contributed by atoms with Crippen molar-refractivity contribution in [3.05, 3.63) is 12.4 Å². The van der Waals surface area contributed by atoms with E-state index in [-0.39, 0.29) is 0 Å². The van der Waals surface area contributed by atoms with Gasteiger partial charge >= 0.3 is 0 Å². The van der Waals surface area contributed by atoms with Crippen LogP contribution in [0.25, 0.3) is 0 Å². The topological polar surface area (TPSA) is 42.7 Å². The molecule has 1 saturated carbocycles. The molecule has 0 aliphatic heterocycles. The minimum absolute atomic E-state index is 0.969. The van der Waals surface area contributed by atoms with Crippen molar-refractivity contribution in [3.63, 3.8) is 0 Å². The fraction of sp³-hybridized carbons (Fsp3) is 0.846. The van der Waals surface area contributed by atoms with Crippen molar-refractivity contribution in [2.24, 2.45) is 5.92 Å². The maximum Gasteiger partial charge on any atom is 0.0692 e. The highest BCUT2D eigenvalue weighted by molar-refractivity contribution is 4.67. The Morgan fingerprint density at radius 2 is 2.06 bits per heavy atom. The van der Waals surface area contributed by atoms with Gasteiger partial charge in [0.15, 0.2) is 0 Å². The van der Waals surface area contributed by atoms with Crippen LogP contribution in [0.4, 0.5) is 0 Å². The average molecular weight is 236 g/mol. The molecule has 1 aliphatic rings. The number of aryl methyl sites for hydroxylation is 1. The van der Waals surface area contributed by atoms with E-state index in [1.807, 2.05) is 10.9 Å². The molecule has 0 spiro atoms. The second-order valence-corrected chi connectivity index (χ2v) is 5.06. The van der Waals surface area contributed by atoms with Crippen LogP contribution in [0.5, 0.6) is 0 Å². The van der Waals surface area contributed by atoms with E-state index < -0.39 is 0 Å². The Bertz CT molecular complexity index is 278. The lowest BCUT2D eigenvalue weighted by atomic mass is 9.87. The third-order valence-electron chi connectivity index (χ3n) is 3.67. The molecule has 1 fully saturated rings. The molecule has 0 radical (unpaired) electrons. The van der Waals surface area contributed by atoms with Crippen molar-refractivity contribution in [1.29, 1.82) is 0 Å². The molecular weight excluding hydrogens is 212 g/mol. The standard InChI is InChI=1S/C13H24N4/c1-2-5-13(6-3-1)7-9-14-8-4-11-17-12-10-15-16-17/h10,12-14H,1-9,11H2. The van der Waals surface area contributed by atoms with Gasteiger partial charge in [0.25, 0.3) is 0 Å². The molecule has 1 N–H and O–H groups in total. The van der Waals surface area contributed by atoms with E-state index >= 15 is 0 Å². The van der Waals surface area contributed by atoms with Gasteiger partial charge in [0.2, 0.25) is 0 Å². The molecule has 1 aromatic rings. The summed E-state index contributed by atoms with van der Waals surface area (Å²) in [6, 6.07) is 0. The van der Waals surface area contributed by atoms with E-state index in [1.165, 1.54) is 45.1 Å². The van der Waals surface area contributed by atoms with Crippen LogP contribution in [-0.4, -0.2) is 28.1 Å². The summed E-state index contributed by atoms with van der Waals surface area (Å²) >= 11 is 0. The van der Waals surface area contributed by atoms with Gasteiger partial charge in [-0.1, -0.05) is 37.3 Å². The van der Waals surface area contributed by atoms with E-state index in [1.54, 1.807) is 6.20 Å². The van der Waals surface area contributed by atoms with E-state index in [0.717, 1.165) is 25.4 Å². The number of hydrogen-bond donors (Lipinski definition) is 1. The van der Waals surface area contributed by atoms with Gasteiger partial charge in [-0.2, -0.15) is 0 Å². The molecule has 17 heavy (non-hydrogen) atoms. The maximum atomic E-state index is 3.95.